The van der Waals surface area contributed by atoms with Gasteiger partial charge in [-0.25, -0.2) is 0 Å². The van der Waals surface area contributed by atoms with E-state index in [0.29, 0.717) is 12.4 Å². The molecule has 0 saturated carbocycles. The lowest BCUT2D eigenvalue weighted by atomic mass is 10.3. The molecule has 0 radical (unpaired) electrons. The fraction of sp³-hybridized carbons (Fsp3) is 0.571. The Bertz CT molecular complexity index is 273. The van der Waals surface area contributed by atoms with Crippen LogP contribution in [0, 0.1) is 0 Å². The summed E-state index contributed by atoms with van der Waals surface area (Å²) in [7, 11) is 1.69. The van der Waals surface area contributed by atoms with E-state index >= 15 is 0 Å². The van der Waals surface area contributed by atoms with Crippen molar-refractivity contribution in [3.8, 4) is 0 Å². The third-order valence-corrected chi connectivity index (χ3v) is 1.82. The third-order valence-electron chi connectivity index (χ3n) is 1.82. The smallest absolute Gasteiger partial charge is 0.320 e. The average Bonchev–Trinajstić information content (AvgIpc) is 2.55. The van der Waals surface area contributed by atoms with Crippen LogP contribution in [0.4, 0.5) is 0 Å². The Kier molecular flexibility index (Phi) is 2.97. The minimum absolute atomic E-state index is 0.365. The molecule has 0 aromatic carbocycles. The van der Waals surface area contributed by atoms with Gasteiger partial charge in [0.15, 0.2) is 5.82 Å². The van der Waals surface area contributed by atoms with Crippen LogP contribution in [0.25, 0.3) is 0 Å². The molecule has 1 atom stereocenters. The Morgan fingerprint density at radius 3 is 3.00 bits per heavy atom. The monoisotopic (exact) mass is 185 g/mol. The number of aromatic nitrogens is 2. The summed E-state index contributed by atoms with van der Waals surface area (Å²) in [5.74, 6) is -0.387. The summed E-state index contributed by atoms with van der Waals surface area (Å²) in [4.78, 5) is 16.0. The van der Waals surface area contributed by atoms with Crippen molar-refractivity contribution < 1.29 is 14.4 Å². The molecule has 6 heteroatoms. The van der Waals surface area contributed by atoms with Crippen LogP contribution in [0.1, 0.15) is 12.7 Å². The molecule has 13 heavy (non-hydrogen) atoms. The molecule has 0 aliphatic rings. The zero-order chi connectivity index (χ0) is 9.84. The van der Waals surface area contributed by atoms with Gasteiger partial charge in [-0.05, 0) is 14.0 Å². The number of aliphatic carboxylic acids is 1. The zero-order valence-electron chi connectivity index (χ0n) is 7.47. The molecule has 1 aromatic heterocycles. The molecule has 1 N–H and O–H groups in total. The van der Waals surface area contributed by atoms with Crippen LogP contribution in [0.15, 0.2) is 10.9 Å². The van der Waals surface area contributed by atoms with E-state index in [2.05, 4.69) is 14.7 Å². The summed E-state index contributed by atoms with van der Waals surface area (Å²) in [5, 5.41) is 12.3. The second-order valence-electron chi connectivity index (χ2n) is 2.78. The van der Waals surface area contributed by atoms with E-state index in [9.17, 15) is 4.79 Å². The molecular formula is C7H11N3O3. The summed E-state index contributed by atoms with van der Waals surface area (Å²) in [6.45, 7) is 1.96. The molecule has 0 amide bonds. The SMILES string of the molecule is CC(C(=O)O)N(C)Cc1ncon1. The van der Waals surface area contributed by atoms with E-state index in [-0.39, 0.29) is 0 Å². The molecular weight excluding hydrogens is 174 g/mol. The van der Waals surface area contributed by atoms with Crippen LogP contribution < -0.4 is 0 Å². The van der Waals surface area contributed by atoms with Gasteiger partial charge < -0.3 is 9.63 Å². The Hall–Kier alpha value is -1.43. The van der Waals surface area contributed by atoms with Crippen LogP contribution in [0.3, 0.4) is 0 Å². The minimum atomic E-state index is -0.869. The standard InChI is InChI=1S/C7H11N3O3/c1-5(7(11)12)10(2)3-6-8-4-13-9-6/h4-5H,3H2,1-2H3,(H,11,12). The predicted molar refractivity (Wildman–Crippen MR) is 42.9 cm³/mol. The van der Waals surface area contributed by atoms with Gasteiger partial charge in [-0.1, -0.05) is 5.16 Å². The van der Waals surface area contributed by atoms with Gasteiger partial charge in [-0.3, -0.25) is 9.69 Å². The maximum Gasteiger partial charge on any atom is 0.320 e. The first kappa shape index (κ1) is 9.66. The van der Waals surface area contributed by atoms with Crippen molar-refractivity contribution in [1.82, 2.24) is 15.0 Å². The van der Waals surface area contributed by atoms with Crippen molar-refractivity contribution in [2.24, 2.45) is 0 Å². The molecule has 1 aromatic rings. The molecule has 0 aliphatic carbocycles. The van der Waals surface area contributed by atoms with Crippen LogP contribution in [-0.4, -0.2) is 39.2 Å². The number of hydrogen-bond acceptors (Lipinski definition) is 5. The van der Waals surface area contributed by atoms with Crippen LogP contribution in [0.2, 0.25) is 0 Å². The summed E-state index contributed by atoms with van der Waals surface area (Å²) >= 11 is 0. The van der Waals surface area contributed by atoms with Gasteiger partial charge in [0, 0.05) is 0 Å². The van der Waals surface area contributed by atoms with Crippen molar-refractivity contribution in [2.45, 2.75) is 19.5 Å². The molecule has 0 fully saturated rings. The van der Waals surface area contributed by atoms with Gasteiger partial charge in [0.05, 0.1) is 6.54 Å². The first-order valence-corrected chi connectivity index (χ1v) is 3.79. The average molecular weight is 185 g/mol. The summed E-state index contributed by atoms with van der Waals surface area (Å²) in [6.07, 6.45) is 1.22. The quantitative estimate of drug-likeness (QED) is 0.709. The van der Waals surface area contributed by atoms with E-state index in [1.165, 1.54) is 6.39 Å². The highest BCUT2D eigenvalue weighted by Gasteiger charge is 2.17. The lowest BCUT2D eigenvalue weighted by molar-refractivity contribution is -0.142. The van der Waals surface area contributed by atoms with E-state index in [1.807, 2.05) is 0 Å². The third kappa shape index (κ3) is 2.51. The fourth-order valence-corrected chi connectivity index (χ4v) is 0.811. The molecule has 0 aliphatic heterocycles. The Morgan fingerprint density at radius 1 is 1.85 bits per heavy atom. The van der Waals surface area contributed by atoms with Gasteiger partial charge in [0.1, 0.15) is 6.04 Å². The fourth-order valence-electron chi connectivity index (χ4n) is 0.811. The van der Waals surface area contributed by atoms with E-state index < -0.39 is 12.0 Å². The van der Waals surface area contributed by atoms with Gasteiger partial charge in [0.2, 0.25) is 6.39 Å². The molecule has 1 rings (SSSR count). The Balaban J connectivity index is 2.50. The number of rotatable bonds is 4. The lowest BCUT2D eigenvalue weighted by Crippen LogP contribution is -2.35. The summed E-state index contributed by atoms with van der Waals surface area (Å²) in [6, 6.07) is -0.557. The second kappa shape index (κ2) is 3.99. The van der Waals surface area contributed by atoms with E-state index in [4.69, 9.17) is 5.11 Å². The van der Waals surface area contributed by atoms with Gasteiger partial charge in [0.25, 0.3) is 0 Å². The molecule has 6 nitrogen and oxygen atoms in total. The predicted octanol–water partition coefficient (Wildman–Crippen LogP) is -0.0255. The van der Waals surface area contributed by atoms with Crippen LogP contribution in [-0.2, 0) is 11.3 Å². The first-order valence-electron chi connectivity index (χ1n) is 3.79. The zero-order valence-corrected chi connectivity index (χ0v) is 7.47. The number of nitrogens with zero attached hydrogens (tertiary/aromatic N) is 3. The lowest BCUT2D eigenvalue weighted by Gasteiger charge is -2.18. The molecule has 72 valence electrons. The molecule has 0 bridgehead atoms. The number of carboxylic acid groups (broad SMARTS) is 1. The highest BCUT2D eigenvalue weighted by molar-refractivity contribution is 5.72. The van der Waals surface area contributed by atoms with Crippen molar-refractivity contribution in [1.29, 1.82) is 0 Å². The molecule has 1 unspecified atom stereocenters. The topological polar surface area (TPSA) is 79.5 Å². The summed E-state index contributed by atoms with van der Waals surface area (Å²) < 4.78 is 4.52. The Morgan fingerprint density at radius 2 is 2.54 bits per heavy atom. The normalized spacial score (nSPS) is 13.2. The van der Waals surface area contributed by atoms with E-state index in [1.54, 1.807) is 18.9 Å². The van der Waals surface area contributed by atoms with Gasteiger partial charge in [-0.2, -0.15) is 4.98 Å². The number of carboxylic acids is 1. The largest absolute Gasteiger partial charge is 0.480 e. The number of carbonyl (C=O) groups is 1. The highest BCUT2D eigenvalue weighted by Crippen LogP contribution is 2.01. The number of likely N-dealkylation sites (N-methyl/N-ethyl adjacent to an activating group) is 1. The second-order valence-corrected chi connectivity index (χ2v) is 2.78. The maximum absolute atomic E-state index is 10.6. The van der Waals surface area contributed by atoms with Crippen LogP contribution >= 0.6 is 0 Å². The molecule has 0 spiro atoms. The Labute approximate surface area is 75.2 Å². The molecule has 0 saturated heterocycles. The van der Waals surface area contributed by atoms with Crippen molar-refractivity contribution in [3.63, 3.8) is 0 Å². The van der Waals surface area contributed by atoms with Crippen LogP contribution in [0.5, 0.6) is 0 Å². The molecule has 1 heterocycles. The number of hydrogen-bond donors (Lipinski definition) is 1. The maximum atomic E-state index is 10.6. The van der Waals surface area contributed by atoms with E-state index in [0.717, 1.165) is 0 Å². The summed E-state index contributed by atoms with van der Waals surface area (Å²) in [5.41, 5.74) is 0. The van der Waals surface area contributed by atoms with Crippen molar-refractivity contribution in [3.05, 3.63) is 12.2 Å². The van der Waals surface area contributed by atoms with Crippen molar-refractivity contribution in [2.75, 3.05) is 7.05 Å². The van der Waals surface area contributed by atoms with Gasteiger partial charge >= 0.3 is 5.97 Å². The minimum Gasteiger partial charge on any atom is -0.480 e. The first-order chi connectivity index (χ1) is 6.11. The van der Waals surface area contributed by atoms with Crippen molar-refractivity contribution >= 4 is 5.97 Å². The highest BCUT2D eigenvalue weighted by atomic mass is 16.5. The van der Waals surface area contributed by atoms with Gasteiger partial charge in [-0.15, -0.1) is 0 Å².